The standard InChI is InChI=1S/C16H13ClN2O3/c17-12-5-6-13(20)11(7-12)9-18-19-16(21)15-8-10-3-1-2-4-14(10)22-15/h1-8,18,20H,9H2,(H,19,21). The number of phenolic OH excluding ortho intramolecular Hbond substituents is 1. The van der Waals surface area contributed by atoms with Gasteiger partial charge in [0.25, 0.3) is 0 Å². The molecule has 1 heterocycles. The third-order valence-corrected chi connectivity index (χ3v) is 3.41. The number of hydrogen-bond donors (Lipinski definition) is 3. The Hall–Kier alpha value is -2.50. The van der Waals surface area contributed by atoms with Gasteiger partial charge in [0.2, 0.25) is 0 Å². The number of rotatable bonds is 4. The molecule has 0 saturated carbocycles. The van der Waals surface area contributed by atoms with E-state index in [0.29, 0.717) is 16.2 Å². The fraction of sp³-hybridized carbons (Fsp3) is 0.0625. The summed E-state index contributed by atoms with van der Waals surface area (Å²) >= 11 is 5.86. The molecule has 0 aliphatic heterocycles. The van der Waals surface area contributed by atoms with Crippen molar-refractivity contribution in [1.82, 2.24) is 10.9 Å². The molecule has 0 unspecified atom stereocenters. The molecule has 22 heavy (non-hydrogen) atoms. The van der Waals surface area contributed by atoms with Crippen molar-refractivity contribution in [3.63, 3.8) is 0 Å². The maximum atomic E-state index is 12.0. The molecule has 3 rings (SSSR count). The van der Waals surface area contributed by atoms with Crippen molar-refractivity contribution in [3.8, 4) is 5.75 Å². The number of furan rings is 1. The molecule has 2 aromatic carbocycles. The van der Waals surface area contributed by atoms with E-state index in [1.54, 1.807) is 24.3 Å². The molecule has 0 fully saturated rings. The average molecular weight is 317 g/mol. The van der Waals surface area contributed by atoms with E-state index in [1.807, 2.05) is 18.2 Å². The van der Waals surface area contributed by atoms with E-state index in [2.05, 4.69) is 10.9 Å². The molecule has 5 nitrogen and oxygen atoms in total. The lowest BCUT2D eigenvalue weighted by Gasteiger charge is -2.07. The predicted molar refractivity (Wildman–Crippen MR) is 83.6 cm³/mol. The molecule has 112 valence electrons. The second-order valence-electron chi connectivity index (χ2n) is 4.73. The summed E-state index contributed by atoms with van der Waals surface area (Å²) in [5.41, 5.74) is 6.49. The Morgan fingerprint density at radius 1 is 1.18 bits per heavy atom. The van der Waals surface area contributed by atoms with Crippen LogP contribution in [0.3, 0.4) is 0 Å². The number of hydrogen-bond acceptors (Lipinski definition) is 4. The molecule has 0 atom stereocenters. The monoisotopic (exact) mass is 316 g/mol. The Kier molecular flexibility index (Phi) is 4.00. The highest BCUT2D eigenvalue weighted by Crippen LogP contribution is 2.21. The number of amides is 1. The number of nitrogens with one attached hydrogen (secondary N) is 2. The molecule has 3 N–H and O–H groups in total. The third-order valence-electron chi connectivity index (χ3n) is 3.17. The Bertz CT molecular complexity index is 796. The zero-order valence-electron chi connectivity index (χ0n) is 11.5. The fourth-order valence-corrected chi connectivity index (χ4v) is 2.27. The van der Waals surface area contributed by atoms with Crippen LogP contribution in [0.1, 0.15) is 16.1 Å². The highest BCUT2D eigenvalue weighted by atomic mass is 35.5. The second kappa shape index (κ2) is 6.09. The largest absolute Gasteiger partial charge is 0.508 e. The highest BCUT2D eigenvalue weighted by molar-refractivity contribution is 6.30. The summed E-state index contributed by atoms with van der Waals surface area (Å²) in [6.45, 7) is 0.234. The molecule has 0 aliphatic rings. The molecule has 0 bridgehead atoms. The average Bonchev–Trinajstić information content (AvgIpc) is 2.94. The van der Waals surface area contributed by atoms with Crippen LogP contribution in [0.25, 0.3) is 11.0 Å². The first-order valence-electron chi connectivity index (χ1n) is 6.62. The summed E-state index contributed by atoms with van der Waals surface area (Å²) in [7, 11) is 0. The van der Waals surface area contributed by atoms with E-state index in [4.69, 9.17) is 16.0 Å². The number of para-hydroxylation sites is 1. The summed E-state index contributed by atoms with van der Waals surface area (Å²) in [5.74, 6) is -0.0726. The topological polar surface area (TPSA) is 74.5 Å². The Labute approximate surface area is 131 Å². The number of halogens is 1. The van der Waals surface area contributed by atoms with Crippen LogP contribution in [0.5, 0.6) is 5.75 Å². The summed E-state index contributed by atoms with van der Waals surface area (Å²) in [6.07, 6.45) is 0. The lowest BCUT2D eigenvalue weighted by Crippen LogP contribution is -2.36. The van der Waals surface area contributed by atoms with Gasteiger partial charge in [-0.1, -0.05) is 29.8 Å². The number of carbonyl (C=O) groups excluding carboxylic acids is 1. The maximum absolute atomic E-state index is 12.0. The molecule has 1 amide bonds. The van der Waals surface area contributed by atoms with E-state index in [0.717, 1.165) is 5.39 Å². The number of phenols is 1. The minimum absolute atomic E-state index is 0.106. The molecule has 6 heteroatoms. The van der Waals surface area contributed by atoms with Gasteiger partial charge in [0.1, 0.15) is 11.3 Å². The van der Waals surface area contributed by atoms with Crippen LogP contribution in [0.4, 0.5) is 0 Å². The van der Waals surface area contributed by atoms with Crippen molar-refractivity contribution in [1.29, 1.82) is 0 Å². The quantitative estimate of drug-likeness (QED) is 0.646. The van der Waals surface area contributed by atoms with Gasteiger partial charge in [-0.2, -0.15) is 0 Å². The van der Waals surface area contributed by atoms with E-state index in [9.17, 15) is 9.90 Å². The second-order valence-corrected chi connectivity index (χ2v) is 5.17. The van der Waals surface area contributed by atoms with Gasteiger partial charge in [0.05, 0.1) is 0 Å². The first-order chi connectivity index (χ1) is 10.6. The van der Waals surface area contributed by atoms with Crippen LogP contribution in [0, 0.1) is 0 Å². The van der Waals surface area contributed by atoms with Crippen molar-refractivity contribution < 1.29 is 14.3 Å². The zero-order valence-corrected chi connectivity index (χ0v) is 12.2. The van der Waals surface area contributed by atoms with Crippen molar-refractivity contribution in [2.45, 2.75) is 6.54 Å². The number of benzene rings is 2. The SMILES string of the molecule is O=C(NNCc1cc(Cl)ccc1O)c1cc2ccccc2o1. The van der Waals surface area contributed by atoms with E-state index in [-0.39, 0.29) is 18.1 Å². The molecule has 0 radical (unpaired) electrons. The van der Waals surface area contributed by atoms with Crippen LogP contribution in [-0.2, 0) is 6.54 Å². The minimum atomic E-state index is -0.391. The first-order valence-corrected chi connectivity index (χ1v) is 7.00. The van der Waals surface area contributed by atoms with Crippen molar-refractivity contribution >= 4 is 28.5 Å². The van der Waals surface area contributed by atoms with E-state index in [1.165, 1.54) is 6.07 Å². The number of carbonyl (C=O) groups is 1. The molecular formula is C16H13ClN2O3. The Morgan fingerprint density at radius 3 is 2.82 bits per heavy atom. The van der Waals surface area contributed by atoms with Crippen LogP contribution in [0.15, 0.2) is 52.9 Å². The molecule has 1 aromatic heterocycles. The van der Waals surface area contributed by atoms with Crippen molar-refractivity contribution in [3.05, 3.63) is 64.9 Å². The summed E-state index contributed by atoms with van der Waals surface area (Å²) < 4.78 is 5.45. The van der Waals surface area contributed by atoms with Gasteiger partial charge in [0.15, 0.2) is 5.76 Å². The van der Waals surface area contributed by atoms with Crippen LogP contribution < -0.4 is 10.9 Å². The van der Waals surface area contributed by atoms with Gasteiger partial charge in [-0.3, -0.25) is 10.2 Å². The van der Waals surface area contributed by atoms with Gasteiger partial charge >= 0.3 is 5.91 Å². The minimum Gasteiger partial charge on any atom is -0.508 e. The smallest absolute Gasteiger partial charge is 0.301 e. The van der Waals surface area contributed by atoms with E-state index >= 15 is 0 Å². The fourth-order valence-electron chi connectivity index (χ4n) is 2.07. The van der Waals surface area contributed by atoms with Gasteiger partial charge < -0.3 is 9.52 Å². The number of fused-ring (bicyclic) bond motifs is 1. The number of aromatic hydroxyl groups is 1. The van der Waals surface area contributed by atoms with Crippen molar-refractivity contribution in [2.75, 3.05) is 0 Å². The van der Waals surface area contributed by atoms with Crippen molar-refractivity contribution in [2.24, 2.45) is 0 Å². The molecular weight excluding hydrogens is 304 g/mol. The van der Waals surface area contributed by atoms with Crippen LogP contribution in [-0.4, -0.2) is 11.0 Å². The summed E-state index contributed by atoms with van der Waals surface area (Å²) in [6, 6.07) is 13.8. The Morgan fingerprint density at radius 2 is 2.00 bits per heavy atom. The zero-order chi connectivity index (χ0) is 15.5. The Balaban J connectivity index is 1.63. The lowest BCUT2D eigenvalue weighted by molar-refractivity contribution is 0.0906. The van der Waals surface area contributed by atoms with Gasteiger partial charge in [-0.05, 0) is 30.3 Å². The number of hydrazine groups is 1. The van der Waals surface area contributed by atoms with Gasteiger partial charge in [-0.15, -0.1) is 0 Å². The molecule has 0 saturated heterocycles. The van der Waals surface area contributed by atoms with Gasteiger partial charge in [-0.25, -0.2) is 5.43 Å². The molecule has 0 spiro atoms. The molecule has 3 aromatic rings. The van der Waals surface area contributed by atoms with E-state index < -0.39 is 5.91 Å². The third kappa shape index (κ3) is 3.05. The first kappa shape index (κ1) is 14.4. The maximum Gasteiger partial charge on any atom is 0.301 e. The molecule has 0 aliphatic carbocycles. The highest BCUT2D eigenvalue weighted by Gasteiger charge is 2.11. The van der Waals surface area contributed by atoms with Gasteiger partial charge in [0, 0.05) is 22.5 Å². The lowest BCUT2D eigenvalue weighted by atomic mass is 10.2. The normalized spacial score (nSPS) is 10.8. The summed E-state index contributed by atoms with van der Waals surface area (Å²) in [5, 5.41) is 11.1. The van der Waals surface area contributed by atoms with Crippen LogP contribution >= 0.6 is 11.6 Å². The predicted octanol–water partition coefficient (Wildman–Crippen LogP) is 3.23. The summed E-state index contributed by atoms with van der Waals surface area (Å²) in [4.78, 5) is 12.0. The van der Waals surface area contributed by atoms with Crippen LogP contribution in [0.2, 0.25) is 5.02 Å².